The molecule has 6 heteroatoms. The molecule has 118 valence electrons. The van der Waals surface area contributed by atoms with Crippen molar-refractivity contribution in [2.75, 3.05) is 17.6 Å². The van der Waals surface area contributed by atoms with Crippen LogP contribution in [0.3, 0.4) is 0 Å². The standard InChI is InChI=1S/C15H26N4OS/c1-9(2)8-17-15-18-13(16)12(21-15)14(20)19-10(3)6-5-7-11(19)4/h9-11H,5-8,16H2,1-4H3,(H,17,18). The second-order valence-corrected chi connectivity index (χ2v) is 7.35. The van der Waals surface area contributed by atoms with E-state index in [2.05, 4.69) is 38.0 Å². The molecule has 1 aromatic heterocycles. The Morgan fingerprint density at radius 3 is 2.62 bits per heavy atom. The number of nitrogens with zero attached hydrogens (tertiary/aromatic N) is 2. The summed E-state index contributed by atoms with van der Waals surface area (Å²) in [5.74, 6) is 0.903. The minimum atomic E-state index is 0.0299. The van der Waals surface area contributed by atoms with Gasteiger partial charge in [-0.1, -0.05) is 25.2 Å². The Hall–Kier alpha value is -1.30. The molecular weight excluding hydrogens is 284 g/mol. The van der Waals surface area contributed by atoms with Gasteiger partial charge in [-0.3, -0.25) is 4.79 Å². The van der Waals surface area contributed by atoms with Gasteiger partial charge in [0, 0.05) is 18.6 Å². The van der Waals surface area contributed by atoms with Gasteiger partial charge in [0.05, 0.1) is 0 Å². The molecule has 1 fully saturated rings. The molecule has 2 unspecified atom stereocenters. The molecule has 5 nitrogen and oxygen atoms in total. The quantitative estimate of drug-likeness (QED) is 0.896. The first kappa shape index (κ1) is 16.1. The minimum absolute atomic E-state index is 0.0299. The smallest absolute Gasteiger partial charge is 0.268 e. The molecule has 1 aliphatic rings. The average molecular weight is 310 g/mol. The van der Waals surface area contributed by atoms with Crippen LogP contribution < -0.4 is 11.1 Å². The van der Waals surface area contributed by atoms with Crippen molar-refractivity contribution in [1.29, 1.82) is 0 Å². The highest BCUT2D eigenvalue weighted by Gasteiger charge is 2.32. The number of amides is 1. The van der Waals surface area contributed by atoms with Crippen LogP contribution in [0.5, 0.6) is 0 Å². The first-order chi connectivity index (χ1) is 9.90. The molecule has 2 rings (SSSR count). The first-order valence-electron chi connectivity index (χ1n) is 7.73. The number of likely N-dealkylation sites (tertiary alicyclic amines) is 1. The van der Waals surface area contributed by atoms with Crippen LogP contribution in [0.1, 0.15) is 56.6 Å². The molecule has 0 saturated carbocycles. The van der Waals surface area contributed by atoms with E-state index in [1.54, 1.807) is 0 Å². The Morgan fingerprint density at radius 2 is 2.05 bits per heavy atom. The first-order valence-corrected chi connectivity index (χ1v) is 8.54. The molecule has 0 radical (unpaired) electrons. The van der Waals surface area contributed by atoms with E-state index in [4.69, 9.17) is 5.73 Å². The fourth-order valence-electron chi connectivity index (χ4n) is 2.79. The zero-order valence-electron chi connectivity index (χ0n) is 13.3. The third kappa shape index (κ3) is 3.67. The van der Waals surface area contributed by atoms with Crippen molar-refractivity contribution in [2.24, 2.45) is 5.92 Å². The fraction of sp³-hybridized carbons (Fsp3) is 0.733. The highest BCUT2D eigenvalue weighted by atomic mass is 32.1. The normalized spacial score (nSPS) is 22.6. The summed E-state index contributed by atoms with van der Waals surface area (Å²) in [5, 5.41) is 3.98. The molecule has 1 aromatic rings. The van der Waals surface area contributed by atoms with Crippen molar-refractivity contribution in [3.8, 4) is 0 Å². The summed E-state index contributed by atoms with van der Waals surface area (Å²) in [7, 11) is 0. The monoisotopic (exact) mass is 310 g/mol. The van der Waals surface area contributed by atoms with Gasteiger partial charge < -0.3 is 16.0 Å². The number of hydrogen-bond acceptors (Lipinski definition) is 5. The molecule has 1 saturated heterocycles. The lowest BCUT2D eigenvalue weighted by atomic mass is 9.97. The summed E-state index contributed by atoms with van der Waals surface area (Å²) in [6.45, 7) is 9.32. The zero-order valence-corrected chi connectivity index (χ0v) is 14.2. The van der Waals surface area contributed by atoms with Gasteiger partial charge in [0.1, 0.15) is 10.7 Å². The molecule has 0 bridgehead atoms. The number of nitrogens with one attached hydrogen (secondary N) is 1. The van der Waals surface area contributed by atoms with E-state index in [0.717, 1.165) is 24.5 Å². The number of anilines is 2. The number of carbonyl (C=O) groups is 1. The van der Waals surface area contributed by atoms with Crippen LogP contribution in [0.2, 0.25) is 0 Å². The minimum Gasteiger partial charge on any atom is -0.382 e. The van der Waals surface area contributed by atoms with Crippen LogP contribution in [-0.2, 0) is 0 Å². The van der Waals surface area contributed by atoms with Crippen LogP contribution in [0.25, 0.3) is 0 Å². The van der Waals surface area contributed by atoms with E-state index >= 15 is 0 Å². The number of nitrogens with two attached hydrogens (primary N) is 1. The molecule has 3 N–H and O–H groups in total. The lowest BCUT2D eigenvalue weighted by molar-refractivity contribution is 0.0516. The summed E-state index contributed by atoms with van der Waals surface area (Å²) in [6, 6.07) is 0.546. The number of nitrogen functional groups attached to an aromatic ring is 1. The van der Waals surface area contributed by atoms with Crippen LogP contribution in [0, 0.1) is 5.92 Å². The molecule has 0 spiro atoms. The molecule has 0 aromatic carbocycles. The van der Waals surface area contributed by atoms with Gasteiger partial charge in [0.25, 0.3) is 5.91 Å². The van der Waals surface area contributed by atoms with Crippen LogP contribution in [0.4, 0.5) is 10.9 Å². The molecular formula is C15H26N4OS. The summed E-state index contributed by atoms with van der Waals surface area (Å²) in [5.41, 5.74) is 5.96. The van der Waals surface area contributed by atoms with Crippen molar-refractivity contribution < 1.29 is 4.79 Å². The second-order valence-electron chi connectivity index (χ2n) is 6.35. The van der Waals surface area contributed by atoms with Gasteiger partial charge in [-0.05, 0) is 39.0 Å². The van der Waals surface area contributed by atoms with Gasteiger partial charge >= 0.3 is 0 Å². The lowest BCUT2D eigenvalue weighted by Crippen LogP contribution is -2.47. The average Bonchev–Trinajstić information content (AvgIpc) is 2.77. The maximum absolute atomic E-state index is 12.8. The maximum atomic E-state index is 12.8. The van der Waals surface area contributed by atoms with Gasteiger partial charge in [-0.2, -0.15) is 0 Å². The Labute approximate surface area is 130 Å². The predicted molar refractivity (Wildman–Crippen MR) is 88.8 cm³/mol. The fourth-order valence-corrected chi connectivity index (χ4v) is 3.63. The Kier molecular flexibility index (Phi) is 5.08. The number of hydrogen-bond donors (Lipinski definition) is 2. The summed E-state index contributed by atoms with van der Waals surface area (Å²) in [4.78, 5) is 19.6. The lowest BCUT2D eigenvalue weighted by Gasteiger charge is -2.38. The van der Waals surface area contributed by atoms with Gasteiger partial charge in [0.15, 0.2) is 5.13 Å². The highest BCUT2D eigenvalue weighted by Crippen LogP contribution is 2.31. The van der Waals surface area contributed by atoms with Crippen molar-refractivity contribution in [3.63, 3.8) is 0 Å². The molecule has 1 amide bonds. The highest BCUT2D eigenvalue weighted by molar-refractivity contribution is 7.18. The van der Waals surface area contributed by atoms with Crippen molar-refractivity contribution in [2.45, 2.75) is 59.0 Å². The van der Waals surface area contributed by atoms with Crippen LogP contribution in [-0.4, -0.2) is 34.4 Å². The SMILES string of the molecule is CC(C)CNc1nc(N)c(C(=O)N2C(C)CCCC2C)s1. The number of carbonyl (C=O) groups excluding carboxylic acids is 1. The zero-order chi connectivity index (χ0) is 15.6. The Balaban J connectivity index is 2.15. The largest absolute Gasteiger partial charge is 0.382 e. The van der Waals surface area contributed by atoms with Crippen molar-refractivity contribution >= 4 is 28.2 Å². The van der Waals surface area contributed by atoms with Crippen LogP contribution in [0.15, 0.2) is 0 Å². The molecule has 2 heterocycles. The molecule has 1 aliphatic heterocycles. The number of aromatic nitrogens is 1. The van der Waals surface area contributed by atoms with E-state index < -0.39 is 0 Å². The van der Waals surface area contributed by atoms with Gasteiger partial charge in [-0.25, -0.2) is 4.98 Å². The van der Waals surface area contributed by atoms with E-state index in [1.165, 1.54) is 17.8 Å². The maximum Gasteiger partial charge on any atom is 0.268 e. The van der Waals surface area contributed by atoms with Gasteiger partial charge in [-0.15, -0.1) is 0 Å². The second kappa shape index (κ2) is 6.64. The van der Waals surface area contributed by atoms with E-state index in [1.807, 2.05) is 4.90 Å². The number of piperidine rings is 1. The summed E-state index contributed by atoms with van der Waals surface area (Å²) < 4.78 is 0. The topological polar surface area (TPSA) is 71.2 Å². The third-order valence-electron chi connectivity index (χ3n) is 3.94. The van der Waals surface area contributed by atoms with E-state index in [-0.39, 0.29) is 18.0 Å². The van der Waals surface area contributed by atoms with Crippen molar-refractivity contribution in [1.82, 2.24) is 9.88 Å². The Morgan fingerprint density at radius 1 is 1.43 bits per heavy atom. The number of thiazole rings is 1. The van der Waals surface area contributed by atoms with Crippen molar-refractivity contribution in [3.05, 3.63) is 4.88 Å². The predicted octanol–water partition coefficient (Wildman–Crippen LogP) is 3.20. The van der Waals surface area contributed by atoms with E-state index in [9.17, 15) is 4.79 Å². The van der Waals surface area contributed by atoms with Crippen LogP contribution >= 0.6 is 11.3 Å². The molecule has 21 heavy (non-hydrogen) atoms. The summed E-state index contributed by atoms with van der Waals surface area (Å²) in [6.07, 6.45) is 3.31. The van der Waals surface area contributed by atoms with Gasteiger partial charge in [0.2, 0.25) is 0 Å². The Bertz CT molecular complexity index is 490. The molecule has 0 aliphatic carbocycles. The van der Waals surface area contributed by atoms with E-state index in [0.29, 0.717) is 16.6 Å². The number of rotatable bonds is 4. The summed E-state index contributed by atoms with van der Waals surface area (Å²) >= 11 is 1.37. The molecule has 2 atom stereocenters. The third-order valence-corrected chi connectivity index (χ3v) is 4.95.